The highest BCUT2D eigenvalue weighted by atomic mass is 32.2. The van der Waals surface area contributed by atoms with Gasteiger partial charge in [-0.1, -0.05) is 11.8 Å². The van der Waals surface area contributed by atoms with Crippen LogP contribution in [0.5, 0.6) is 0 Å². The minimum atomic E-state index is -0.257. The molecule has 0 saturated carbocycles. The van der Waals surface area contributed by atoms with E-state index < -0.39 is 0 Å². The van der Waals surface area contributed by atoms with Gasteiger partial charge in [-0.3, -0.25) is 4.79 Å². The van der Waals surface area contributed by atoms with E-state index >= 15 is 0 Å². The Labute approximate surface area is 113 Å². The SMILES string of the molecule is CCNc1nc(SCC(=O)OC)c2ccsc2n1. The molecule has 0 aromatic carbocycles. The zero-order chi connectivity index (χ0) is 13.0. The number of hydrogen-bond acceptors (Lipinski definition) is 7. The second-order valence-electron chi connectivity index (χ2n) is 3.39. The highest BCUT2D eigenvalue weighted by Gasteiger charge is 2.11. The van der Waals surface area contributed by atoms with Crippen molar-refractivity contribution in [3.63, 3.8) is 0 Å². The molecule has 0 bridgehead atoms. The van der Waals surface area contributed by atoms with Gasteiger partial charge in [-0.2, -0.15) is 0 Å². The van der Waals surface area contributed by atoms with E-state index in [1.54, 1.807) is 11.3 Å². The van der Waals surface area contributed by atoms with Gasteiger partial charge in [0.1, 0.15) is 9.86 Å². The van der Waals surface area contributed by atoms with Gasteiger partial charge in [0.2, 0.25) is 5.95 Å². The third-order valence-electron chi connectivity index (χ3n) is 2.18. The molecule has 0 aliphatic carbocycles. The van der Waals surface area contributed by atoms with Crippen LogP contribution in [0.25, 0.3) is 10.2 Å². The quantitative estimate of drug-likeness (QED) is 0.516. The fourth-order valence-corrected chi connectivity index (χ4v) is 3.03. The predicted molar refractivity (Wildman–Crippen MR) is 74.3 cm³/mol. The van der Waals surface area contributed by atoms with Crippen molar-refractivity contribution in [2.24, 2.45) is 0 Å². The average Bonchev–Trinajstić information content (AvgIpc) is 2.84. The number of fused-ring (bicyclic) bond motifs is 1. The van der Waals surface area contributed by atoms with Crippen molar-refractivity contribution in [1.82, 2.24) is 9.97 Å². The summed E-state index contributed by atoms with van der Waals surface area (Å²) in [6.07, 6.45) is 0. The average molecular weight is 283 g/mol. The maximum atomic E-state index is 11.2. The van der Waals surface area contributed by atoms with E-state index in [4.69, 9.17) is 0 Å². The molecule has 0 atom stereocenters. The van der Waals surface area contributed by atoms with Crippen LogP contribution in [0.3, 0.4) is 0 Å². The molecule has 96 valence electrons. The summed E-state index contributed by atoms with van der Waals surface area (Å²) in [4.78, 5) is 20.9. The molecule has 2 aromatic heterocycles. The molecule has 0 aliphatic rings. The summed E-state index contributed by atoms with van der Waals surface area (Å²) in [5, 5.41) is 6.85. The standard InChI is InChI=1S/C11H13N3O2S2/c1-3-12-11-13-9-7(4-5-17-9)10(14-11)18-6-8(15)16-2/h4-5H,3,6H2,1-2H3,(H,12,13,14). The number of nitrogens with one attached hydrogen (secondary N) is 1. The van der Waals surface area contributed by atoms with Crippen molar-refractivity contribution in [3.8, 4) is 0 Å². The lowest BCUT2D eigenvalue weighted by atomic mass is 10.4. The molecule has 1 N–H and O–H groups in total. The summed E-state index contributed by atoms with van der Waals surface area (Å²) >= 11 is 2.93. The van der Waals surface area contributed by atoms with E-state index in [9.17, 15) is 4.79 Å². The van der Waals surface area contributed by atoms with Gasteiger partial charge >= 0.3 is 5.97 Å². The van der Waals surface area contributed by atoms with Crippen LogP contribution in [0.15, 0.2) is 16.5 Å². The van der Waals surface area contributed by atoms with E-state index in [1.807, 2.05) is 18.4 Å². The van der Waals surface area contributed by atoms with Crippen molar-refractivity contribution < 1.29 is 9.53 Å². The molecule has 0 fully saturated rings. The lowest BCUT2D eigenvalue weighted by molar-refractivity contribution is -0.137. The third-order valence-corrected chi connectivity index (χ3v) is 3.95. The van der Waals surface area contributed by atoms with Gasteiger partial charge < -0.3 is 10.1 Å². The molecule has 0 saturated heterocycles. The number of thioether (sulfide) groups is 1. The minimum Gasteiger partial charge on any atom is -0.468 e. The van der Waals surface area contributed by atoms with Crippen LogP contribution < -0.4 is 5.32 Å². The third kappa shape index (κ3) is 2.91. The normalized spacial score (nSPS) is 10.6. The van der Waals surface area contributed by atoms with Crippen molar-refractivity contribution in [2.75, 3.05) is 24.7 Å². The zero-order valence-corrected chi connectivity index (χ0v) is 11.7. The van der Waals surface area contributed by atoms with Crippen molar-refractivity contribution in [1.29, 1.82) is 0 Å². The number of thiophene rings is 1. The Balaban J connectivity index is 2.28. The maximum Gasteiger partial charge on any atom is 0.316 e. The molecule has 2 aromatic rings. The van der Waals surface area contributed by atoms with Crippen LogP contribution in [0, 0.1) is 0 Å². The number of rotatable bonds is 5. The van der Waals surface area contributed by atoms with Gasteiger partial charge in [0.25, 0.3) is 0 Å². The number of ether oxygens (including phenoxy) is 1. The lowest BCUT2D eigenvalue weighted by Gasteiger charge is -2.05. The molecular weight excluding hydrogens is 270 g/mol. The van der Waals surface area contributed by atoms with Crippen LogP contribution in [0.1, 0.15) is 6.92 Å². The largest absolute Gasteiger partial charge is 0.468 e. The minimum absolute atomic E-state index is 0.254. The number of nitrogens with zero attached hydrogens (tertiary/aromatic N) is 2. The first-order chi connectivity index (χ1) is 8.74. The highest BCUT2D eigenvalue weighted by molar-refractivity contribution is 8.00. The Bertz CT molecular complexity index is 556. The lowest BCUT2D eigenvalue weighted by Crippen LogP contribution is -2.05. The molecule has 0 radical (unpaired) electrons. The summed E-state index contributed by atoms with van der Waals surface area (Å²) in [7, 11) is 1.38. The molecule has 7 heteroatoms. The van der Waals surface area contributed by atoms with Crippen LogP contribution in [-0.4, -0.2) is 35.3 Å². The van der Waals surface area contributed by atoms with Gasteiger partial charge in [-0.25, -0.2) is 9.97 Å². The summed E-state index contributed by atoms with van der Waals surface area (Å²) in [6, 6.07) is 1.97. The van der Waals surface area contributed by atoms with Gasteiger partial charge in [-0.15, -0.1) is 11.3 Å². The van der Waals surface area contributed by atoms with E-state index in [1.165, 1.54) is 18.9 Å². The first-order valence-electron chi connectivity index (χ1n) is 5.43. The summed E-state index contributed by atoms with van der Waals surface area (Å²) < 4.78 is 4.63. The Morgan fingerprint density at radius 2 is 2.39 bits per heavy atom. The molecule has 5 nitrogen and oxygen atoms in total. The van der Waals surface area contributed by atoms with Gasteiger partial charge in [0.15, 0.2) is 0 Å². The molecular formula is C11H13N3O2S2. The molecule has 0 aliphatic heterocycles. The van der Waals surface area contributed by atoms with Gasteiger partial charge in [-0.05, 0) is 18.4 Å². The van der Waals surface area contributed by atoms with Gasteiger partial charge in [0.05, 0.1) is 12.9 Å². The predicted octanol–water partition coefficient (Wildman–Crippen LogP) is 2.39. The van der Waals surface area contributed by atoms with Crippen LogP contribution in [0.2, 0.25) is 0 Å². The number of aromatic nitrogens is 2. The Morgan fingerprint density at radius 3 is 3.11 bits per heavy atom. The molecule has 2 heterocycles. The molecule has 0 spiro atoms. The number of carbonyl (C=O) groups excluding carboxylic acids is 1. The first-order valence-corrected chi connectivity index (χ1v) is 7.30. The van der Waals surface area contributed by atoms with Crippen molar-refractivity contribution in [2.45, 2.75) is 11.9 Å². The van der Waals surface area contributed by atoms with E-state index in [0.29, 0.717) is 5.95 Å². The van der Waals surface area contributed by atoms with E-state index in [0.717, 1.165) is 21.8 Å². The topological polar surface area (TPSA) is 64.1 Å². The monoisotopic (exact) mass is 283 g/mol. The molecule has 0 amide bonds. The fourth-order valence-electron chi connectivity index (χ4n) is 1.36. The second-order valence-corrected chi connectivity index (χ2v) is 5.25. The highest BCUT2D eigenvalue weighted by Crippen LogP contribution is 2.29. The first kappa shape index (κ1) is 13.1. The van der Waals surface area contributed by atoms with E-state index in [2.05, 4.69) is 20.0 Å². The molecule has 18 heavy (non-hydrogen) atoms. The summed E-state index contributed by atoms with van der Waals surface area (Å²) in [6.45, 7) is 2.75. The van der Waals surface area contributed by atoms with Crippen LogP contribution in [-0.2, 0) is 9.53 Å². The number of esters is 1. The summed E-state index contributed by atoms with van der Waals surface area (Å²) in [5.74, 6) is 0.594. The Morgan fingerprint density at radius 1 is 1.56 bits per heavy atom. The van der Waals surface area contributed by atoms with Crippen LogP contribution >= 0.6 is 23.1 Å². The van der Waals surface area contributed by atoms with Gasteiger partial charge in [0, 0.05) is 11.9 Å². The molecule has 2 rings (SSSR count). The summed E-state index contributed by atoms with van der Waals surface area (Å²) in [5.41, 5.74) is 0. The fraction of sp³-hybridized carbons (Fsp3) is 0.364. The van der Waals surface area contributed by atoms with E-state index in [-0.39, 0.29) is 11.7 Å². The number of hydrogen-bond donors (Lipinski definition) is 1. The Hall–Kier alpha value is -1.34. The van der Waals surface area contributed by atoms with Crippen molar-refractivity contribution >= 4 is 45.2 Å². The number of anilines is 1. The smallest absolute Gasteiger partial charge is 0.316 e. The zero-order valence-electron chi connectivity index (χ0n) is 10.1. The second kappa shape index (κ2) is 6.01. The maximum absolute atomic E-state index is 11.2. The van der Waals surface area contributed by atoms with Crippen molar-refractivity contribution in [3.05, 3.63) is 11.4 Å². The number of carbonyl (C=O) groups is 1. The molecule has 0 unspecified atom stereocenters. The number of methoxy groups -OCH3 is 1. The van der Waals surface area contributed by atoms with Crippen LogP contribution in [0.4, 0.5) is 5.95 Å². The Kier molecular flexibility index (Phi) is 4.38.